The summed E-state index contributed by atoms with van der Waals surface area (Å²) >= 11 is 0. The molecule has 3 aliphatic rings. The van der Waals surface area contributed by atoms with E-state index < -0.39 is 10.0 Å². The topological polar surface area (TPSA) is 59.5 Å². The van der Waals surface area contributed by atoms with Crippen LogP contribution in [0.15, 0.2) is 18.5 Å². The molecule has 2 heterocycles. The maximum Gasteiger partial charge on any atom is 0.217 e. The standard InChI is InChI=1S/C18H26N2O3S/c1-13-12-19-7-4-17(13)23-16-5-8-20(9-6-16)24(21,22)18-11-14-2-3-15(18)10-14/h4,7,12,14-16,18H,2-3,5-6,8-11H2,1H3/t14-,15+,18?/m1/s1. The van der Waals surface area contributed by atoms with Gasteiger partial charge in [0.1, 0.15) is 11.9 Å². The van der Waals surface area contributed by atoms with E-state index in [1.54, 1.807) is 16.7 Å². The molecule has 1 saturated heterocycles. The Morgan fingerprint density at radius 2 is 1.96 bits per heavy atom. The Labute approximate surface area is 144 Å². The second kappa shape index (κ2) is 6.30. The van der Waals surface area contributed by atoms with Crippen LogP contribution in [-0.2, 0) is 10.0 Å². The Bertz CT molecular complexity index is 698. The molecule has 0 aromatic carbocycles. The number of aromatic nitrogens is 1. The third-order valence-corrected chi connectivity index (χ3v) is 8.51. The lowest BCUT2D eigenvalue weighted by Crippen LogP contribution is -2.46. The third-order valence-electron chi connectivity index (χ3n) is 6.08. The van der Waals surface area contributed by atoms with Crippen LogP contribution in [0.2, 0.25) is 0 Å². The molecule has 3 atom stereocenters. The van der Waals surface area contributed by atoms with E-state index in [1.807, 2.05) is 13.0 Å². The lowest BCUT2D eigenvalue weighted by molar-refractivity contribution is 0.133. The molecule has 132 valence electrons. The Morgan fingerprint density at radius 3 is 2.58 bits per heavy atom. The number of fused-ring (bicyclic) bond motifs is 2. The van der Waals surface area contributed by atoms with Gasteiger partial charge in [0, 0.05) is 31.0 Å². The van der Waals surface area contributed by atoms with E-state index in [9.17, 15) is 8.42 Å². The molecule has 0 spiro atoms. The molecule has 0 N–H and O–H groups in total. The first-order valence-electron chi connectivity index (χ1n) is 9.10. The molecule has 1 aliphatic heterocycles. The quantitative estimate of drug-likeness (QED) is 0.838. The normalized spacial score (nSPS) is 31.5. The molecule has 2 aliphatic carbocycles. The Kier molecular flexibility index (Phi) is 4.29. The average Bonchev–Trinajstić information content (AvgIpc) is 3.21. The van der Waals surface area contributed by atoms with Crippen molar-refractivity contribution in [2.24, 2.45) is 11.8 Å². The van der Waals surface area contributed by atoms with E-state index in [0.717, 1.165) is 43.4 Å². The molecule has 3 fully saturated rings. The van der Waals surface area contributed by atoms with E-state index in [1.165, 1.54) is 6.42 Å². The van der Waals surface area contributed by atoms with Crippen molar-refractivity contribution in [3.63, 3.8) is 0 Å². The van der Waals surface area contributed by atoms with Crippen LogP contribution in [0.1, 0.15) is 44.1 Å². The number of hydrogen-bond donors (Lipinski definition) is 0. The summed E-state index contributed by atoms with van der Waals surface area (Å²) in [6, 6.07) is 1.88. The predicted octanol–water partition coefficient (Wildman–Crippen LogP) is 2.75. The zero-order chi connectivity index (χ0) is 16.7. The van der Waals surface area contributed by atoms with Crippen molar-refractivity contribution in [1.82, 2.24) is 9.29 Å². The van der Waals surface area contributed by atoms with Gasteiger partial charge in [-0.15, -0.1) is 0 Å². The molecule has 24 heavy (non-hydrogen) atoms. The van der Waals surface area contributed by atoms with Gasteiger partial charge in [0.25, 0.3) is 0 Å². The maximum absolute atomic E-state index is 13.0. The number of aryl methyl sites for hydroxylation is 1. The van der Waals surface area contributed by atoms with Gasteiger partial charge in [-0.05, 0) is 56.9 Å². The van der Waals surface area contributed by atoms with E-state index in [0.29, 0.717) is 24.9 Å². The molecule has 5 nitrogen and oxygen atoms in total. The van der Waals surface area contributed by atoms with Crippen molar-refractivity contribution in [2.45, 2.75) is 56.8 Å². The summed E-state index contributed by atoms with van der Waals surface area (Å²) in [5.41, 5.74) is 1.02. The predicted molar refractivity (Wildman–Crippen MR) is 92.4 cm³/mol. The van der Waals surface area contributed by atoms with Crippen LogP contribution in [-0.4, -0.2) is 42.2 Å². The SMILES string of the molecule is Cc1cnccc1OC1CCN(S(=O)(=O)C2C[C@@H]3CC[C@H]2C3)CC1. The maximum atomic E-state index is 13.0. The highest BCUT2D eigenvalue weighted by atomic mass is 32.2. The van der Waals surface area contributed by atoms with Crippen LogP contribution in [0.5, 0.6) is 5.75 Å². The highest BCUT2D eigenvalue weighted by Crippen LogP contribution is 2.48. The van der Waals surface area contributed by atoms with Gasteiger partial charge in [-0.2, -0.15) is 0 Å². The van der Waals surface area contributed by atoms with Crippen molar-refractivity contribution in [2.75, 3.05) is 13.1 Å². The Balaban J connectivity index is 1.37. The Morgan fingerprint density at radius 1 is 1.17 bits per heavy atom. The number of piperidine rings is 1. The molecular formula is C18H26N2O3S. The molecule has 6 heteroatoms. The summed E-state index contributed by atoms with van der Waals surface area (Å²) in [4.78, 5) is 4.08. The first kappa shape index (κ1) is 16.3. The fraction of sp³-hybridized carbons (Fsp3) is 0.722. The Hall–Kier alpha value is -1.14. The summed E-state index contributed by atoms with van der Waals surface area (Å²) < 4.78 is 33.7. The molecule has 4 rings (SSSR count). The van der Waals surface area contributed by atoms with Gasteiger partial charge in [-0.25, -0.2) is 12.7 Å². The molecule has 1 unspecified atom stereocenters. The largest absolute Gasteiger partial charge is 0.490 e. The molecule has 1 aromatic heterocycles. The van der Waals surface area contributed by atoms with Gasteiger partial charge in [-0.1, -0.05) is 6.42 Å². The number of hydrogen-bond acceptors (Lipinski definition) is 4. The highest BCUT2D eigenvalue weighted by Gasteiger charge is 2.48. The number of nitrogens with zero attached hydrogens (tertiary/aromatic N) is 2. The zero-order valence-electron chi connectivity index (χ0n) is 14.2. The number of ether oxygens (including phenoxy) is 1. The molecule has 2 bridgehead atoms. The number of sulfonamides is 1. The first-order chi connectivity index (χ1) is 11.5. The van der Waals surface area contributed by atoms with Crippen LogP contribution >= 0.6 is 0 Å². The lowest BCUT2D eigenvalue weighted by Gasteiger charge is -2.35. The average molecular weight is 350 g/mol. The second-order valence-corrected chi connectivity index (χ2v) is 9.77. The van der Waals surface area contributed by atoms with Gasteiger partial charge < -0.3 is 4.74 Å². The minimum Gasteiger partial charge on any atom is -0.490 e. The van der Waals surface area contributed by atoms with Gasteiger partial charge in [-0.3, -0.25) is 4.98 Å². The van der Waals surface area contributed by atoms with Crippen molar-refractivity contribution in [1.29, 1.82) is 0 Å². The van der Waals surface area contributed by atoms with E-state index in [2.05, 4.69) is 4.98 Å². The van der Waals surface area contributed by atoms with Crippen LogP contribution in [0.4, 0.5) is 0 Å². The van der Waals surface area contributed by atoms with E-state index in [-0.39, 0.29) is 11.4 Å². The van der Waals surface area contributed by atoms with Crippen molar-refractivity contribution in [3.05, 3.63) is 24.0 Å². The van der Waals surface area contributed by atoms with Gasteiger partial charge >= 0.3 is 0 Å². The zero-order valence-corrected chi connectivity index (χ0v) is 15.0. The van der Waals surface area contributed by atoms with Crippen LogP contribution in [0.3, 0.4) is 0 Å². The van der Waals surface area contributed by atoms with E-state index >= 15 is 0 Å². The number of rotatable bonds is 4. The summed E-state index contributed by atoms with van der Waals surface area (Å²) in [6.07, 6.45) is 9.51. The fourth-order valence-electron chi connectivity index (χ4n) is 4.72. The fourth-order valence-corrected chi connectivity index (χ4v) is 7.07. The highest BCUT2D eigenvalue weighted by molar-refractivity contribution is 7.89. The minimum atomic E-state index is -3.13. The molecule has 0 amide bonds. The number of pyridine rings is 1. The second-order valence-electron chi connectivity index (χ2n) is 7.62. The molecular weight excluding hydrogens is 324 g/mol. The molecule has 1 aromatic rings. The van der Waals surface area contributed by atoms with Crippen molar-refractivity contribution >= 4 is 10.0 Å². The van der Waals surface area contributed by atoms with Crippen molar-refractivity contribution < 1.29 is 13.2 Å². The summed E-state index contributed by atoms with van der Waals surface area (Å²) in [7, 11) is -3.13. The lowest BCUT2D eigenvalue weighted by atomic mass is 10.0. The van der Waals surface area contributed by atoms with Gasteiger partial charge in [0.05, 0.1) is 5.25 Å². The summed E-state index contributed by atoms with van der Waals surface area (Å²) in [6.45, 7) is 3.16. The summed E-state index contributed by atoms with van der Waals surface area (Å²) in [5, 5.41) is -0.115. The third kappa shape index (κ3) is 2.94. The first-order valence-corrected chi connectivity index (χ1v) is 10.6. The van der Waals surface area contributed by atoms with Gasteiger partial charge in [0.15, 0.2) is 0 Å². The molecule has 0 radical (unpaired) electrons. The minimum absolute atomic E-state index is 0.0950. The van der Waals surface area contributed by atoms with Crippen LogP contribution < -0.4 is 4.74 Å². The van der Waals surface area contributed by atoms with Crippen molar-refractivity contribution in [3.8, 4) is 5.75 Å². The molecule has 2 saturated carbocycles. The van der Waals surface area contributed by atoms with Crippen LogP contribution in [0.25, 0.3) is 0 Å². The smallest absolute Gasteiger partial charge is 0.217 e. The summed E-state index contributed by atoms with van der Waals surface area (Å²) in [5.74, 6) is 1.93. The monoisotopic (exact) mass is 350 g/mol. The van der Waals surface area contributed by atoms with E-state index in [4.69, 9.17) is 4.74 Å². The van der Waals surface area contributed by atoms with Gasteiger partial charge in [0.2, 0.25) is 10.0 Å². The van der Waals surface area contributed by atoms with Crippen LogP contribution in [0, 0.1) is 18.8 Å².